The van der Waals surface area contributed by atoms with Crippen molar-refractivity contribution < 1.29 is 9.59 Å². The van der Waals surface area contributed by atoms with Gasteiger partial charge in [0, 0.05) is 0 Å². The lowest BCUT2D eigenvalue weighted by Crippen LogP contribution is -2.41. The van der Waals surface area contributed by atoms with Crippen LogP contribution in [0.3, 0.4) is 0 Å². The number of nitrogens with two attached hydrogens (primary N) is 1. The van der Waals surface area contributed by atoms with Crippen LogP contribution in [0, 0.1) is 5.41 Å². The topological polar surface area (TPSA) is 72.2 Å². The first kappa shape index (κ1) is 14.2. The SMILES string of the molecule is CC1(C(=O)NC(C(N)=O)c2ccccc2)CC1(Cl)Cl. The molecule has 2 amide bonds. The number of carbonyl (C=O) groups excluding carboxylic acids is 2. The molecule has 0 radical (unpaired) electrons. The Bertz CT molecular complexity index is 519. The number of carbonyl (C=O) groups is 2. The highest BCUT2D eigenvalue weighted by Gasteiger charge is 2.68. The molecule has 19 heavy (non-hydrogen) atoms. The second kappa shape index (κ2) is 4.69. The predicted octanol–water partition coefficient (Wildman–Crippen LogP) is 1.91. The molecule has 0 aromatic heterocycles. The van der Waals surface area contributed by atoms with Crippen molar-refractivity contribution in [3.8, 4) is 0 Å². The molecule has 0 bridgehead atoms. The van der Waals surface area contributed by atoms with E-state index >= 15 is 0 Å². The molecule has 1 saturated carbocycles. The van der Waals surface area contributed by atoms with Crippen LogP contribution in [0.2, 0.25) is 0 Å². The monoisotopic (exact) mass is 300 g/mol. The molecule has 0 saturated heterocycles. The highest BCUT2D eigenvalue weighted by Crippen LogP contribution is 2.63. The Morgan fingerprint density at radius 3 is 2.26 bits per heavy atom. The minimum atomic E-state index is -1.07. The fourth-order valence-corrected chi connectivity index (χ4v) is 2.61. The summed E-state index contributed by atoms with van der Waals surface area (Å²) in [6, 6.07) is 7.91. The second-order valence-electron chi connectivity index (χ2n) is 4.93. The van der Waals surface area contributed by atoms with Gasteiger partial charge in [0.2, 0.25) is 11.8 Å². The number of rotatable bonds is 4. The largest absolute Gasteiger partial charge is 0.368 e. The van der Waals surface area contributed by atoms with E-state index in [1.165, 1.54) is 0 Å². The van der Waals surface area contributed by atoms with Gasteiger partial charge in [-0.1, -0.05) is 30.3 Å². The zero-order valence-electron chi connectivity index (χ0n) is 10.3. The van der Waals surface area contributed by atoms with Gasteiger partial charge in [-0.05, 0) is 18.9 Å². The third kappa shape index (κ3) is 2.55. The van der Waals surface area contributed by atoms with Crippen LogP contribution in [0.25, 0.3) is 0 Å². The summed E-state index contributed by atoms with van der Waals surface area (Å²) in [5.74, 6) is -0.997. The Kier molecular flexibility index (Phi) is 3.49. The summed E-state index contributed by atoms with van der Waals surface area (Å²) < 4.78 is -1.07. The first-order valence-electron chi connectivity index (χ1n) is 5.81. The molecule has 1 aliphatic rings. The van der Waals surface area contributed by atoms with Crippen molar-refractivity contribution in [1.82, 2.24) is 5.32 Å². The number of alkyl halides is 2. The van der Waals surface area contributed by atoms with E-state index < -0.39 is 21.7 Å². The summed E-state index contributed by atoms with van der Waals surface area (Å²) in [4.78, 5) is 23.6. The Morgan fingerprint density at radius 1 is 1.32 bits per heavy atom. The van der Waals surface area contributed by atoms with Crippen molar-refractivity contribution in [2.24, 2.45) is 11.1 Å². The van der Waals surface area contributed by atoms with Gasteiger partial charge < -0.3 is 11.1 Å². The van der Waals surface area contributed by atoms with E-state index in [4.69, 9.17) is 28.9 Å². The Hall–Kier alpha value is -1.26. The fourth-order valence-electron chi connectivity index (χ4n) is 1.90. The van der Waals surface area contributed by atoms with E-state index in [1.807, 2.05) is 6.07 Å². The molecule has 0 heterocycles. The lowest BCUT2D eigenvalue weighted by molar-refractivity contribution is -0.130. The molecular weight excluding hydrogens is 287 g/mol. The van der Waals surface area contributed by atoms with E-state index in [9.17, 15) is 9.59 Å². The first-order chi connectivity index (χ1) is 8.78. The maximum absolute atomic E-state index is 12.1. The molecule has 4 nitrogen and oxygen atoms in total. The predicted molar refractivity (Wildman–Crippen MR) is 73.7 cm³/mol. The Balaban J connectivity index is 2.16. The number of hydrogen-bond acceptors (Lipinski definition) is 2. The lowest BCUT2D eigenvalue weighted by atomic mass is 10.0. The number of amides is 2. The third-order valence-electron chi connectivity index (χ3n) is 3.45. The average molecular weight is 301 g/mol. The van der Waals surface area contributed by atoms with Crippen molar-refractivity contribution in [2.75, 3.05) is 0 Å². The Labute approximate surface area is 121 Å². The van der Waals surface area contributed by atoms with Crippen LogP contribution >= 0.6 is 23.2 Å². The van der Waals surface area contributed by atoms with Crippen LogP contribution in [-0.4, -0.2) is 16.1 Å². The van der Waals surface area contributed by atoms with Crippen molar-refractivity contribution in [3.05, 3.63) is 35.9 Å². The van der Waals surface area contributed by atoms with Gasteiger partial charge in [-0.25, -0.2) is 0 Å². The smallest absolute Gasteiger partial charge is 0.244 e. The highest BCUT2D eigenvalue weighted by molar-refractivity contribution is 6.53. The maximum atomic E-state index is 12.1. The molecule has 1 aliphatic carbocycles. The summed E-state index contributed by atoms with van der Waals surface area (Å²) in [5.41, 5.74) is 5.08. The lowest BCUT2D eigenvalue weighted by Gasteiger charge is -2.19. The van der Waals surface area contributed by atoms with Gasteiger partial charge >= 0.3 is 0 Å². The van der Waals surface area contributed by atoms with Crippen LogP contribution in [0.5, 0.6) is 0 Å². The van der Waals surface area contributed by atoms with Crippen molar-refractivity contribution in [1.29, 1.82) is 0 Å². The van der Waals surface area contributed by atoms with E-state index in [0.29, 0.717) is 12.0 Å². The number of hydrogen-bond donors (Lipinski definition) is 2. The summed E-state index contributed by atoms with van der Waals surface area (Å²) in [7, 11) is 0. The average Bonchev–Trinajstić information content (AvgIpc) is 2.87. The van der Waals surface area contributed by atoms with Crippen LogP contribution in [0.1, 0.15) is 24.9 Å². The van der Waals surface area contributed by atoms with Crippen molar-refractivity contribution in [2.45, 2.75) is 23.7 Å². The maximum Gasteiger partial charge on any atom is 0.244 e. The molecule has 6 heteroatoms. The number of benzene rings is 1. The summed E-state index contributed by atoms with van der Waals surface area (Å²) in [5, 5.41) is 2.61. The zero-order valence-corrected chi connectivity index (χ0v) is 11.8. The quantitative estimate of drug-likeness (QED) is 0.834. The van der Waals surface area contributed by atoms with Gasteiger partial charge in [-0.3, -0.25) is 9.59 Å². The molecule has 1 fully saturated rings. The zero-order chi connectivity index (χ0) is 14.3. The van der Waals surface area contributed by atoms with Gasteiger partial charge in [0.15, 0.2) is 0 Å². The third-order valence-corrected chi connectivity index (χ3v) is 4.55. The molecular formula is C13H14Cl2N2O2. The van der Waals surface area contributed by atoms with Crippen LogP contribution in [0.4, 0.5) is 0 Å². The van der Waals surface area contributed by atoms with Gasteiger partial charge in [0.1, 0.15) is 10.4 Å². The normalized spacial score (nSPS) is 25.4. The van der Waals surface area contributed by atoms with E-state index in [1.54, 1.807) is 31.2 Å². The van der Waals surface area contributed by atoms with Gasteiger partial charge in [0.25, 0.3) is 0 Å². The van der Waals surface area contributed by atoms with Gasteiger partial charge in [-0.15, -0.1) is 23.2 Å². The molecule has 2 unspecified atom stereocenters. The fraction of sp³-hybridized carbons (Fsp3) is 0.385. The highest BCUT2D eigenvalue weighted by atomic mass is 35.5. The van der Waals surface area contributed by atoms with Crippen molar-refractivity contribution in [3.63, 3.8) is 0 Å². The van der Waals surface area contributed by atoms with Crippen LogP contribution in [-0.2, 0) is 9.59 Å². The van der Waals surface area contributed by atoms with Gasteiger partial charge in [-0.2, -0.15) is 0 Å². The molecule has 0 spiro atoms. The summed E-state index contributed by atoms with van der Waals surface area (Å²) >= 11 is 11.9. The molecule has 1 aromatic carbocycles. The molecule has 3 N–H and O–H groups in total. The summed E-state index contributed by atoms with van der Waals surface area (Å²) in [6.07, 6.45) is 0.356. The van der Waals surface area contributed by atoms with Crippen LogP contribution < -0.4 is 11.1 Å². The molecule has 1 aromatic rings. The van der Waals surface area contributed by atoms with Crippen LogP contribution in [0.15, 0.2) is 30.3 Å². The second-order valence-corrected chi connectivity index (χ2v) is 6.42. The van der Waals surface area contributed by atoms with E-state index in [2.05, 4.69) is 5.32 Å². The standard InChI is InChI=1S/C13H14Cl2N2O2/c1-12(7-13(12,14)15)11(19)17-9(10(16)18)8-5-3-2-4-6-8/h2-6,9H,7H2,1H3,(H2,16,18)(H,17,19). The Morgan fingerprint density at radius 2 is 1.84 bits per heavy atom. The number of halogens is 2. The molecule has 0 aliphatic heterocycles. The molecule has 2 atom stereocenters. The van der Waals surface area contributed by atoms with E-state index in [-0.39, 0.29) is 5.91 Å². The minimum Gasteiger partial charge on any atom is -0.368 e. The van der Waals surface area contributed by atoms with Gasteiger partial charge in [0.05, 0.1) is 5.41 Å². The molecule has 2 rings (SSSR count). The number of nitrogens with one attached hydrogen (secondary N) is 1. The minimum absolute atomic E-state index is 0.356. The summed E-state index contributed by atoms with van der Waals surface area (Å²) in [6.45, 7) is 1.66. The number of primary amides is 1. The van der Waals surface area contributed by atoms with Crippen molar-refractivity contribution >= 4 is 35.0 Å². The van der Waals surface area contributed by atoms with E-state index in [0.717, 1.165) is 0 Å². The first-order valence-corrected chi connectivity index (χ1v) is 6.56. The molecule has 102 valence electrons.